The van der Waals surface area contributed by atoms with E-state index in [4.69, 9.17) is 4.74 Å². The number of pyridine rings is 1. The summed E-state index contributed by atoms with van der Waals surface area (Å²) in [5.74, 6) is -0.171. The lowest BCUT2D eigenvalue weighted by Crippen LogP contribution is -2.37. The maximum Gasteiger partial charge on any atom is 0.272 e. The van der Waals surface area contributed by atoms with Gasteiger partial charge in [0.25, 0.3) is 11.8 Å². The van der Waals surface area contributed by atoms with Crippen molar-refractivity contribution in [3.05, 3.63) is 68.4 Å². The third kappa shape index (κ3) is 4.50. The Hall–Kier alpha value is -3.04. The van der Waals surface area contributed by atoms with Gasteiger partial charge in [-0.3, -0.25) is 19.3 Å². The molecule has 8 nitrogen and oxygen atoms in total. The highest BCUT2D eigenvalue weighted by Gasteiger charge is 2.32. The highest BCUT2D eigenvalue weighted by Crippen LogP contribution is 2.32. The van der Waals surface area contributed by atoms with E-state index in [0.29, 0.717) is 44.9 Å². The van der Waals surface area contributed by atoms with Gasteiger partial charge in [-0.2, -0.15) is 5.10 Å². The average Bonchev–Trinajstić information content (AvgIpc) is 3.47. The maximum absolute atomic E-state index is 13.5. The molecule has 178 valence electrons. The highest BCUT2D eigenvalue weighted by molar-refractivity contribution is 7.10. The van der Waals surface area contributed by atoms with Crippen molar-refractivity contribution in [3.8, 4) is 0 Å². The first-order chi connectivity index (χ1) is 16.7. The summed E-state index contributed by atoms with van der Waals surface area (Å²) in [6.45, 7) is 2.46. The molecule has 0 saturated carbocycles. The zero-order valence-corrected chi connectivity index (χ0v) is 20.2. The fourth-order valence-corrected chi connectivity index (χ4v) is 5.94. The first-order valence-electron chi connectivity index (χ1n) is 11.8. The van der Waals surface area contributed by atoms with Gasteiger partial charge in [-0.25, -0.2) is 0 Å². The Morgan fingerprint density at radius 2 is 2.09 bits per heavy atom. The van der Waals surface area contributed by atoms with E-state index in [1.165, 1.54) is 16.9 Å². The topological polar surface area (TPSA) is 89.3 Å². The molecule has 3 aromatic rings. The van der Waals surface area contributed by atoms with Crippen LogP contribution in [-0.2, 0) is 43.6 Å². The molecule has 0 aromatic carbocycles. The number of amides is 2. The van der Waals surface area contributed by atoms with Crippen LogP contribution in [0.15, 0.2) is 29.9 Å². The van der Waals surface area contributed by atoms with Crippen molar-refractivity contribution in [3.63, 3.8) is 0 Å². The van der Waals surface area contributed by atoms with E-state index in [9.17, 15) is 9.59 Å². The molecule has 5 rings (SSSR count). The minimum Gasteiger partial charge on any atom is -0.383 e. The summed E-state index contributed by atoms with van der Waals surface area (Å²) in [7, 11) is 1.65. The van der Waals surface area contributed by atoms with E-state index in [1.54, 1.807) is 30.8 Å². The van der Waals surface area contributed by atoms with Gasteiger partial charge in [0.2, 0.25) is 0 Å². The van der Waals surface area contributed by atoms with Crippen molar-refractivity contribution in [2.45, 2.75) is 51.7 Å². The van der Waals surface area contributed by atoms with Crippen molar-refractivity contribution in [2.24, 2.45) is 0 Å². The van der Waals surface area contributed by atoms with Gasteiger partial charge in [-0.15, -0.1) is 11.3 Å². The van der Waals surface area contributed by atoms with Crippen LogP contribution in [0.25, 0.3) is 0 Å². The lowest BCUT2D eigenvalue weighted by Gasteiger charge is -2.28. The number of ether oxygens (including phenoxy) is 1. The molecule has 1 N–H and O–H groups in total. The molecule has 2 aliphatic rings. The van der Waals surface area contributed by atoms with Crippen LogP contribution >= 0.6 is 11.3 Å². The third-order valence-electron chi connectivity index (χ3n) is 6.61. The van der Waals surface area contributed by atoms with Gasteiger partial charge in [-0.05, 0) is 42.9 Å². The van der Waals surface area contributed by atoms with E-state index in [1.807, 2.05) is 27.1 Å². The molecular formula is C25H29N5O3S. The fourth-order valence-electron chi connectivity index (χ4n) is 4.82. The van der Waals surface area contributed by atoms with Crippen molar-refractivity contribution in [1.29, 1.82) is 0 Å². The number of hydrogen-bond donors (Lipinski definition) is 1. The smallest absolute Gasteiger partial charge is 0.272 e. The van der Waals surface area contributed by atoms with E-state index in [-0.39, 0.29) is 11.8 Å². The van der Waals surface area contributed by atoms with Crippen LogP contribution in [0.4, 0.5) is 0 Å². The molecule has 9 heteroatoms. The van der Waals surface area contributed by atoms with Gasteiger partial charge in [0, 0.05) is 60.5 Å². The Balaban J connectivity index is 1.38. The standard InChI is InChI=1S/C25H29N5O3S/c1-33-12-11-30-21-8-10-29(25(32)20-16-34-22-7-3-2-6-18(20)22)15-19(21)23(28-30)24(31)27-14-17-5-4-9-26-13-17/h4-5,9,13,16H,2-3,6-8,10-12,14-15H2,1H3,(H,27,31). The summed E-state index contributed by atoms with van der Waals surface area (Å²) >= 11 is 1.71. The summed E-state index contributed by atoms with van der Waals surface area (Å²) in [4.78, 5) is 34.0. The number of rotatable bonds is 7. The monoisotopic (exact) mass is 479 g/mol. The Morgan fingerprint density at radius 3 is 2.91 bits per heavy atom. The summed E-state index contributed by atoms with van der Waals surface area (Å²) in [6, 6.07) is 3.76. The normalized spacial score (nSPS) is 15.0. The molecule has 0 radical (unpaired) electrons. The Morgan fingerprint density at radius 1 is 1.21 bits per heavy atom. The number of carbonyl (C=O) groups excluding carboxylic acids is 2. The molecule has 2 amide bonds. The highest BCUT2D eigenvalue weighted by atomic mass is 32.1. The van der Waals surface area contributed by atoms with Crippen LogP contribution in [0.1, 0.15) is 60.9 Å². The Bertz CT molecular complexity index is 1190. The molecule has 0 spiro atoms. The average molecular weight is 480 g/mol. The number of nitrogens with one attached hydrogen (secondary N) is 1. The molecule has 0 atom stereocenters. The van der Waals surface area contributed by atoms with Gasteiger partial charge in [0.1, 0.15) is 0 Å². The SMILES string of the molecule is COCCn1nc(C(=O)NCc2cccnc2)c2c1CCN(C(=O)c1csc3c1CCCC3)C2. The molecule has 0 unspecified atom stereocenters. The van der Waals surface area contributed by atoms with E-state index < -0.39 is 0 Å². The molecular weight excluding hydrogens is 450 g/mol. The first-order valence-corrected chi connectivity index (χ1v) is 12.7. The molecule has 0 saturated heterocycles. The van der Waals surface area contributed by atoms with Crippen LogP contribution in [0.5, 0.6) is 0 Å². The number of fused-ring (bicyclic) bond motifs is 2. The minimum absolute atomic E-state index is 0.0661. The maximum atomic E-state index is 13.5. The zero-order chi connectivity index (χ0) is 23.5. The van der Waals surface area contributed by atoms with Crippen LogP contribution in [0.3, 0.4) is 0 Å². The lowest BCUT2D eigenvalue weighted by atomic mass is 9.95. The van der Waals surface area contributed by atoms with Gasteiger partial charge in [0.15, 0.2) is 5.69 Å². The largest absolute Gasteiger partial charge is 0.383 e. The molecule has 1 aliphatic heterocycles. The van der Waals surface area contributed by atoms with E-state index >= 15 is 0 Å². The molecule has 34 heavy (non-hydrogen) atoms. The van der Waals surface area contributed by atoms with Gasteiger partial charge < -0.3 is 15.0 Å². The van der Waals surface area contributed by atoms with Gasteiger partial charge in [-0.1, -0.05) is 6.07 Å². The lowest BCUT2D eigenvalue weighted by molar-refractivity contribution is 0.0729. The van der Waals surface area contributed by atoms with Gasteiger partial charge in [0.05, 0.1) is 25.3 Å². The van der Waals surface area contributed by atoms with Crippen LogP contribution in [0.2, 0.25) is 0 Å². The summed E-state index contributed by atoms with van der Waals surface area (Å²) in [5, 5.41) is 9.63. The molecule has 3 aromatic heterocycles. The first kappa shape index (κ1) is 22.7. The molecule has 0 fully saturated rings. The number of methoxy groups -OCH3 is 1. The number of carbonyl (C=O) groups is 2. The minimum atomic E-state index is -0.238. The second kappa shape index (κ2) is 10.1. The Labute approximate surface area is 202 Å². The van der Waals surface area contributed by atoms with Crippen molar-refractivity contribution < 1.29 is 14.3 Å². The van der Waals surface area contributed by atoms with E-state index in [0.717, 1.165) is 41.6 Å². The number of hydrogen-bond acceptors (Lipinski definition) is 6. The predicted octanol–water partition coefficient (Wildman–Crippen LogP) is 2.99. The van der Waals surface area contributed by atoms with Crippen molar-refractivity contribution in [1.82, 2.24) is 25.0 Å². The van der Waals surface area contributed by atoms with Gasteiger partial charge >= 0.3 is 0 Å². The Kier molecular flexibility index (Phi) is 6.73. The number of thiophene rings is 1. The number of aryl methyl sites for hydroxylation is 1. The van der Waals surface area contributed by atoms with Crippen LogP contribution in [-0.4, -0.2) is 51.7 Å². The summed E-state index contributed by atoms with van der Waals surface area (Å²) < 4.78 is 7.11. The van der Waals surface area contributed by atoms with E-state index in [2.05, 4.69) is 15.4 Å². The summed E-state index contributed by atoms with van der Waals surface area (Å²) in [5.41, 5.74) is 5.24. The number of aromatic nitrogens is 3. The predicted molar refractivity (Wildman–Crippen MR) is 129 cm³/mol. The molecule has 0 bridgehead atoms. The number of nitrogens with zero attached hydrogens (tertiary/aromatic N) is 4. The summed E-state index contributed by atoms with van der Waals surface area (Å²) in [6.07, 6.45) is 8.50. The molecule has 1 aliphatic carbocycles. The second-order valence-electron chi connectivity index (χ2n) is 8.77. The zero-order valence-electron chi connectivity index (χ0n) is 19.4. The van der Waals surface area contributed by atoms with Crippen molar-refractivity contribution >= 4 is 23.2 Å². The van der Waals surface area contributed by atoms with Crippen molar-refractivity contribution in [2.75, 3.05) is 20.3 Å². The quantitative estimate of drug-likeness (QED) is 0.563. The van der Waals surface area contributed by atoms with Crippen LogP contribution < -0.4 is 5.32 Å². The fraction of sp³-hybridized carbons (Fsp3) is 0.440. The molecule has 4 heterocycles. The second-order valence-corrected chi connectivity index (χ2v) is 9.73. The van der Waals surface area contributed by atoms with Crippen LogP contribution in [0, 0.1) is 0 Å². The third-order valence-corrected chi connectivity index (χ3v) is 7.70.